The van der Waals surface area contributed by atoms with Gasteiger partial charge in [-0.2, -0.15) is 0 Å². The summed E-state index contributed by atoms with van der Waals surface area (Å²) in [5.41, 5.74) is 2.73. The molecular formula is C24H27N3O2. The highest BCUT2D eigenvalue weighted by Gasteiger charge is 2.50. The van der Waals surface area contributed by atoms with Crippen molar-refractivity contribution in [3.63, 3.8) is 0 Å². The van der Waals surface area contributed by atoms with E-state index in [1.54, 1.807) is 0 Å². The van der Waals surface area contributed by atoms with Crippen molar-refractivity contribution in [3.8, 4) is 0 Å². The van der Waals surface area contributed by atoms with Gasteiger partial charge in [-0.25, -0.2) is 0 Å². The van der Waals surface area contributed by atoms with Crippen LogP contribution in [0.3, 0.4) is 0 Å². The molecule has 2 fully saturated rings. The molecule has 1 amide bonds. The molecule has 2 saturated heterocycles. The monoisotopic (exact) mass is 389 g/mol. The summed E-state index contributed by atoms with van der Waals surface area (Å²) in [6, 6.07) is 18.2. The predicted octanol–water partition coefficient (Wildman–Crippen LogP) is 2.86. The number of para-hydroxylation sites is 1. The normalized spacial score (nSPS) is 23.9. The molecule has 5 rings (SSSR count). The Hall–Kier alpha value is -2.66. The first kappa shape index (κ1) is 18.4. The van der Waals surface area contributed by atoms with Gasteiger partial charge in [0.05, 0.1) is 6.67 Å². The van der Waals surface area contributed by atoms with Crippen molar-refractivity contribution < 1.29 is 9.59 Å². The maximum atomic E-state index is 12.9. The summed E-state index contributed by atoms with van der Waals surface area (Å²) >= 11 is 0. The Morgan fingerprint density at radius 1 is 0.966 bits per heavy atom. The minimum atomic E-state index is -0.457. The predicted molar refractivity (Wildman–Crippen MR) is 113 cm³/mol. The van der Waals surface area contributed by atoms with Crippen molar-refractivity contribution in [1.82, 2.24) is 10.2 Å². The molecule has 0 saturated carbocycles. The van der Waals surface area contributed by atoms with Crippen LogP contribution in [-0.4, -0.2) is 48.4 Å². The molecule has 5 heteroatoms. The Kier molecular flexibility index (Phi) is 4.63. The van der Waals surface area contributed by atoms with Crippen molar-refractivity contribution in [2.45, 2.75) is 31.2 Å². The van der Waals surface area contributed by atoms with Gasteiger partial charge in [0.25, 0.3) is 0 Å². The molecule has 2 aromatic rings. The molecule has 1 aliphatic carbocycles. The lowest BCUT2D eigenvalue weighted by molar-refractivity contribution is -0.125. The minimum Gasteiger partial charge on any atom is -0.339 e. The third-order valence-electron chi connectivity index (χ3n) is 6.98. The SMILES string of the molecule is O=C1c2ccccc2CCC1CN1CCC2(CC1)C(=O)NCN2c1ccccc1. The van der Waals surface area contributed by atoms with Crippen molar-refractivity contribution in [1.29, 1.82) is 0 Å². The van der Waals surface area contributed by atoms with E-state index in [2.05, 4.69) is 33.3 Å². The number of ketones is 1. The van der Waals surface area contributed by atoms with E-state index in [1.807, 2.05) is 36.4 Å². The first-order valence-corrected chi connectivity index (χ1v) is 10.6. The molecular weight excluding hydrogens is 362 g/mol. The molecule has 1 spiro atoms. The van der Waals surface area contributed by atoms with Gasteiger partial charge in [0, 0.05) is 36.8 Å². The number of benzene rings is 2. The number of nitrogens with zero attached hydrogens (tertiary/aromatic N) is 2. The van der Waals surface area contributed by atoms with E-state index in [0.29, 0.717) is 6.67 Å². The van der Waals surface area contributed by atoms with Gasteiger partial charge in [0.2, 0.25) is 5.91 Å². The zero-order valence-corrected chi connectivity index (χ0v) is 16.6. The van der Waals surface area contributed by atoms with E-state index < -0.39 is 5.54 Å². The molecule has 0 radical (unpaired) electrons. The Bertz CT molecular complexity index is 919. The van der Waals surface area contributed by atoms with Gasteiger partial charge in [0.1, 0.15) is 5.54 Å². The number of carbonyl (C=O) groups is 2. The maximum Gasteiger partial charge on any atom is 0.247 e. The molecule has 2 aromatic carbocycles. The number of rotatable bonds is 3. The van der Waals surface area contributed by atoms with Crippen molar-refractivity contribution >= 4 is 17.4 Å². The van der Waals surface area contributed by atoms with E-state index in [0.717, 1.165) is 56.6 Å². The van der Waals surface area contributed by atoms with Gasteiger partial charge >= 0.3 is 0 Å². The Balaban J connectivity index is 1.27. The number of Topliss-reactive ketones (excluding diaryl/α,β-unsaturated/α-hetero) is 1. The van der Waals surface area contributed by atoms with Crippen LogP contribution in [0.2, 0.25) is 0 Å². The lowest BCUT2D eigenvalue weighted by Gasteiger charge is -2.44. The topological polar surface area (TPSA) is 52.7 Å². The molecule has 0 bridgehead atoms. The second-order valence-electron chi connectivity index (χ2n) is 8.52. The Labute approximate surface area is 171 Å². The largest absolute Gasteiger partial charge is 0.339 e. The summed E-state index contributed by atoms with van der Waals surface area (Å²) in [5.74, 6) is 0.502. The van der Waals surface area contributed by atoms with Crippen LogP contribution < -0.4 is 10.2 Å². The third kappa shape index (κ3) is 3.14. The van der Waals surface area contributed by atoms with E-state index in [4.69, 9.17) is 0 Å². The fourth-order valence-electron chi connectivity index (χ4n) is 5.28. The molecule has 1 atom stereocenters. The fourth-order valence-corrected chi connectivity index (χ4v) is 5.28. The van der Waals surface area contributed by atoms with Crippen molar-refractivity contribution in [2.75, 3.05) is 31.2 Å². The number of likely N-dealkylation sites (tertiary alicyclic amines) is 1. The zero-order chi connectivity index (χ0) is 19.8. The fraction of sp³-hybridized carbons (Fsp3) is 0.417. The molecule has 2 heterocycles. The average molecular weight is 389 g/mol. The lowest BCUT2D eigenvalue weighted by atomic mass is 9.81. The molecule has 0 aromatic heterocycles. The summed E-state index contributed by atoms with van der Waals surface area (Å²) in [4.78, 5) is 30.3. The number of amides is 1. The zero-order valence-electron chi connectivity index (χ0n) is 16.6. The smallest absolute Gasteiger partial charge is 0.247 e. The van der Waals surface area contributed by atoms with Crippen LogP contribution in [0.25, 0.3) is 0 Å². The summed E-state index contributed by atoms with van der Waals surface area (Å²) in [6.45, 7) is 3.07. The van der Waals surface area contributed by atoms with Crippen LogP contribution in [0.5, 0.6) is 0 Å². The number of piperidine rings is 1. The number of carbonyl (C=O) groups excluding carboxylic acids is 2. The highest BCUT2D eigenvalue weighted by Crippen LogP contribution is 2.37. The third-order valence-corrected chi connectivity index (χ3v) is 6.98. The van der Waals surface area contributed by atoms with Crippen molar-refractivity contribution in [2.24, 2.45) is 5.92 Å². The van der Waals surface area contributed by atoms with Gasteiger partial charge in [-0.3, -0.25) is 9.59 Å². The Morgan fingerprint density at radius 3 is 2.48 bits per heavy atom. The van der Waals surface area contributed by atoms with Gasteiger partial charge < -0.3 is 15.1 Å². The molecule has 3 aliphatic rings. The molecule has 2 aliphatic heterocycles. The molecule has 1 unspecified atom stereocenters. The Morgan fingerprint density at radius 2 is 1.69 bits per heavy atom. The van der Waals surface area contributed by atoms with Crippen molar-refractivity contribution in [3.05, 3.63) is 65.7 Å². The standard InChI is InChI=1S/C24H27N3O2/c28-22-19(11-10-18-6-4-5-9-21(18)22)16-26-14-12-24(13-15-26)23(29)25-17-27(24)20-7-2-1-3-8-20/h1-9,19H,10-17H2,(H,25,29). The first-order chi connectivity index (χ1) is 14.2. The molecule has 150 valence electrons. The van der Waals surface area contributed by atoms with Gasteiger partial charge in [0.15, 0.2) is 5.78 Å². The van der Waals surface area contributed by atoms with Crippen LogP contribution >= 0.6 is 0 Å². The van der Waals surface area contributed by atoms with Crippen LogP contribution in [0.15, 0.2) is 54.6 Å². The van der Waals surface area contributed by atoms with Crippen LogP contribution in [-0.2, 0) is 11.2 Å². The lowest BCUT2D eigenvalue weighted by Crippen LogP contribution is -2.57. The van der Waals surface area contributed by atoms with E-state index in [9.17, 15) is 9.59 Å². The average Bonchev–Trinajstić information content (AvgIpc) is 3.08. The van der Waals surface area contributed by atoms with Crippen LogP contribution in [0.1, 0.15) is 35.2 Å². The van der Waals surface area contributed by atoms with Gasteiger partial charge in [-0.1, -0.05) is 42.5 Å². The second kappa shape index (κ2) is 7.30. The highest BCUT2D eigenvalue weighted by molar-refractivity contribution is 6.00. The second-order valence-corrected chi connectivity index (χ2v) is 8.52. The quantitative estimate of drug-likeness (QED) is 0.877. The molecule has 5 nitrogen and oxygen atoms in total. The number of aryl methyl sites for hydroxylation is 1. The summed E-state index contributed by atoms with van der Waals surface area (Å²) < 4.78 is 0. The number of nitrogens with one attached hydrogen (secondary N) is 1. The summed E-state index contributed by atoms with van der Waals surface area (Å²) in [5, 5.41) is 3.06. The number of anilines is 1. The summed E-state index contributed by atoms with van der Waals surface area (Å²) in [6.07, 6.45) is 3.50. The van der Waals surface area contributed by atoms with Gasteiger partial charge in [-0.05, 0) is 43.4 Å². The maximum absolute atomic E-state index is 12.9. The summed E-state index contributed by atoms with van der Waals surface area (Å²) in [7, 11) is 0. The van der Waals surface area contributed by atoms with Crippen LogP contribution in [0.4, 0.5) is 5.69 Å². The van der Waals surface area contributed by atoms with Gasteiger partial charge in [-0.15, -0.1) is 0 Å². The molecule has 29 heavy (non-hydrogen) atoms. The number of hydrogen-bond donors (Lipinski definition) is 1. The van der Waals surface area contributed by atoms with E-state index >= 15 is 0 Å². The number of fused-ring (bicyclic) bond motifs is 1. The van der Waals surface area contributed by atoms with E-state index in [-0.39, 0.29) is 17.6 Å². The molecule has 1 N–H and O–H groups in total. The first-order valence-electron chi connectivity index (χ1n) is 10.6. The minimum absolute atomic E-state index is 0.0709. The highest BCUT2D eigenvalue weighted by atomic mass is 16.2. The van der Waals surface area contributed by atoms with Crippen LogP contribution in [0, 0.1) is 5.92 Å². The number of hydrogen-bond acceptors (Lipinski definition) is 4. The van der Waals surface area contributed by atoms with E-state index in [1.165, 1.54) is 5.56 Å².